The fraction of sp³-hybridized carbons (Fsp3) is 0.500. The van der Waals surface area contributed by atoms with E-state index in [-0.39, 0.29) is 11.8 Å². The summed E-state index contributed by atoms with van der Waals surface area (Å²) in [7, 11) is 1.95. The Morgan fingerprint density at radius 1 is 1.28 bits per heavy atom. The van der Waals surface area contributed by atoms with Crippen LogP contribution < -0.4 is 5.32 Å². The smallest absolute Gasteiger partial charge is 0.270 e. The van der Waals surface area contributed by atoms with Gasteiger partial charge in [0.2, 0.25) is 5.91 Å². The van der Waals surface area contributed by atoms with Crippen LogP contribution in [0, 0.1) is 5.92 Å². The van der Waals surface area contributed by atoms with Gasteiger partial charge >= 0.3 is 0 Å². The van der Waals surface area contributed by atoms with Crippen LogP contribution in [0.3, 0.4) is 0 Å². The van der Waals surface area contributed by atoms with E-state index in [1.165, 1.54) is 0 Å². The summed E-state index contributed by atoms with van der Waals surface area (Å²) in [5.74, 6) is 0.538. The number of hydrogen-bond acceptors (Lipinski definition) is 2. The van der Waals surface area contributed by atoms with Crippen molar-refractivity contribution in [3.8, 4) is 0 Å². The van der Waals surface area contributed by atoms with Gasteiger partial charge in [-0.05, 0) is 37.3 Å². The lowest BCUT2D eigenvalue weighted by molar-refractivity contribution is -0.121. The van der Waals surface area contributed by atoms with Crippen molar-refractivity contribution in [2.75, 3.05) is 19.6 Å². The third-order valence-corrected chi connectivity index (χ3v) is 5.04. The molecule has 1 N–H and O–H groups in total. The summed E-state index contributed by atoms with van der Waals surface area (Å²) in [5, 5.41) is 4.09. The highest BCUT2D eigenvalue weighted by atomic mass is 16.2. The van der Waals surface area contributed by atoms with Crippen molar-refractivity contribution in [2.24, 2.45) is 13.0 Å². The highest BCUT2D eigenvalue weighted by Gasteiger charge is 2.26. The van der Waals surface area contributed by atoms with Gasteiger partial charge in [-0.15, -0.1) is 0 Å². The molecule has 5 heteroatoms. The summed E-state index contributed by atoms with van der Waals surface area (Å²) in [5.41, 5.74) is 1.81. The number of hydrogen-bond donors (Lipinski definition) is 1. The molecule has 5 nitrogen and oxygen atoms in total. The molecule has 0 unspecified atom stereocenters. The molecule has 1 aromatic carbocycles. The molecule has 0 bridgehead atoms. The number of aromatic nitrogens is 1. The maximum atomic E-state index is 13.0. The van der Waals surface area contributed by atoms with Gasteiger partial charge in [-0.3, -0.25) is 9.59 Å². The third-order valence-electron chi connectivity index (χ3n) is 5.04. The molecule has 0 spiro atoms. The van der Waals surface area contributed by atoms with Crippen molar-refractivity contribution >= 4 is 22.7 Å². The zero-order chi connectivity index (χ0) is 17.8. The van der Waals surface area contributed by atoms with Gasteiger partial charge < -0.3 is 14.8 Å². The Balaban J connectivity index is 1.67. The molecule has 25 heavy (non-hydrogen) atoms. The lowest BCUT2D eigenvalue weighted by Crippen LogP contribution is -2.44. The van der Waals surface area contributed by atoms with Crippen molar-refractivity contribution in [3.63, 3.8) is 0 Å². The number of amides is 2. The van der Waals surface area contributed by atoms with E-state index in [0.717, 1.165) is 42.4 Å². The Morgan fingerprint density at radius 2 is 2.08 bits per heavy atom. The van der Waals surface area contributed by atoms with Gasteiger partial charge in [-0.1, -0.05) is 25.1 Å². The second-order valence-corrected chi connectivity index (χ2v) is 6.96. The third kappa shape index (κ3) is 3.86. The van der Waals surface area contributed by atoms with Crippen LogP contribution in [0.25, 0.3) is 10.9 Å². The number of aryl methyl sites for hydroxylation is 1. The highest BCUT2D eigenvalue weighted by Crippen LogP contribution is 2.22. The van der Waals surface area contributed by atoms with Crippen molar-refractivity contribution in [3.05, 3.63) is 36.0 Å². The second kappa shape index (κ2) is 7.72. The molecule has 0 radical (unpaired) electrons. The number of rotatable bonds is 5. The molecule has 1 aliphatic heterocycles. The number of fused-ring (bicyclic) bond motifs is 1. The summed E-state index contributed by atoms with van der Waals surface area (Å²) < 4.78 is 1.98. The van der Waals surface area contributed by atoms with Crippen molar-refractivity contribution in [1.29, 1.82) is 0 Å². The zero-order valence-electron chi connectivity index (χ0n) is 15.1. The van der Waals surface area contributed by atoms with E-state index in [1.807, 2.05) is 53.8 Å². The standard InChI is InChI=1S/C20H27N3O2/c1-3-7-19(24)21-13-15-8-6-11-23(14-15)20(25)18-12-16-9-4-5-10-17(16)22(18)2/h4-5,9-10,12,15H,3,6-8,11,13-14H2,1-2H3,(H,21,24)/t15-/m1/s1. The minimum Gasteiger partial charge on any atom is -0.356 e. The van der Waals surface area contributed by atoms with Crippen molar-refractivity contribution in [1.82, 2.24) is 14.8 Å². The van der Waals surface area contributed by atoms with Gasteiger partial charge in [0.1, 0.15) is 5.69 Å². The molecule has 2 amide bonds. The summed E-state index contributed by atoms with van der Waals surface area (Å²) in [6.07, 6.45) is 3.49. The number of nitrogens with zero attached hydrogens (tertiary/aromatic N) is 2. The number of carbonyl (C=O) groups is 2. The van der Waals surface area contributed by atoms with E-state index in [9.17, 15) is 9.59 Å². The molecule has 1 aromatic heterocycles. The number of carbonyl (C=O) groups excluding carboxylic acids is 2. The van der Waals surface area contributed by atoms with Gasteiger partial charge in [0, 0.05) is 44.0 Å². The van der Waals surface area contributed by atoms with Gasteiger partial charge in [-0.2, -0.15) is 0 Å². The van der Waals surface area contributed by atoms with E-state index in [1.54, 1.807) is 0 Å². The van der Waals surface area contributed by atoms with Gasteiger partial charge in [0.15, 0.2) is 0 Å². The minimum absolute atomic E-state index is 0.0864. The summed E-state index contributed by atoms with van der Waals surface area (Å²) in [6, 6.07) is 10.0. The molecule has 2 aromatic rings. The van der Waals surface area contributed by atoms with Gasteiger partial charge in [0.05, 0.1) is 0 Å². The molecule has 1 saturated heterocycles. The molecular weight excluding hydrogens is 314 g/mol. The van der Waals surface area contributed by atoms with Crippen LogP contribution in [0.15, 0.2) is 30.3 Å². The first kappa shape index (κ1) is 17.5. The van der Waals surface area contributed by atoms with Crippen LogP contribution in [0.5, 0.6) is 0 Å². The first-order valence-corrected chi connectivity index (χ1v) is 9.20. The molecular formula is C20H27N3O2. The first-order chi connectivity index (χ1) is 12.1. The molecule has 3 rings (SSSR count). The number of para-hydroxylation sites is 1. The van der Waals surface area contributed by atoms with Crippen LogP contribution in [-0.2, 0) is 11.8 Å². The highest BCUT2D eigenvalue weighted by molar-refractivity contribution is 5.98. The lowest BCUT2D eigenvalue weighted by atomic mass is 9.97. The second-order valence-electron chi connectivity index (χ2n) is 6.96. The number of likely N-dealkylation sites (tertiary alicyclic amines) is 1. The minimum atomic E-state index is 0.0864. The SMILES string of the molecule is CCCC(=O)NC[C@H]1CCCN(C(=O)c2cc3ccccc3n2C)C1. The average Bonchev–Trinajstić information content (AvgIpc) is 2.97. The Bertz CT molecular complexity index is 765. The van der Waals surface area contributed by atoms with E-state index in [4.69, 9.17) is 0 Å². The number of piperidine rings is 1. The summed E-state index contributed by atoms with van der Waals surface area (Å²) in [4.78, 5) is 26.6. The topological polar surface area (TPSA) is 54.3 Å². The average molecular weight is 341 g/mol. The van der Waals surface area contributed by atoms with Gasteiger partial charge in [0.25, 0.3) is 5.91 Å². The maximum Gasteiger partial charge on any atom is 0.270 e. The molecule has 1 aliphatic rings. The summed E-state index contributed by atoms with van der Waals surface area (Å²) >= 11 is 0. The quantitative estimate of drug-likeness (QED) is 0.909. The molecule has 2 heterocycles. The maximum absolute atomic E-state index is 13.0. The summed E-state index contributed by atoms with van der Waals surface area (Å²) in [6.45, 7) is 4.18. The van der Waals surface area contributed by atoms with Crippen LogP contribution >= 0.6 is 0 Å². The van der Waals surface area contributed by atoms with Crippen LogP contribution in [0.1, 0.15) is 43.1 Å². The number of nitrogens with one attached hydrogen (secondary N) is 1. The Kier molecular flexibility index (Phi) is 5.41. The molecule has 1 atom stereocenters. The van der Waals surface area contributed by atoms with E-state index < -0.39 is 0 Å². The Labute approximate surface area is 149 Å². The monoisotopic (exact) mass is 341 g/mol. The molecule has 1 fully saturated rings. The first-order valence-electron chi connectivity index (χ1n) is 9.20. The number of benzene rings is 1. The largest absolute Gasteiger partial charge is 0.356 e. The normalized spacial score (nSPS) is 17.7. The molecule has 0 saturated carbocycles. The van der Waals surface area contributed by atoms with E-state index in [0.29, 0.717) is 25.4 Å². The fourth-order valence-corrected chi connectivity index (χ4v) is 3.65. The molecule has 0 aliphatic carbocycles. The fourth-order valence-electron chi connectivity index (χ4n) is 3.65. The van der Waals surface area contributed by atoms with Crippen LogP contribution in [-0.4, -0.2) is 40.9 Å². The zero-order valence-corrected chi connectivity index (χ0v) is 15.1. The lowest BCUT2D eigenvalue weighted by Gasteiger charge is -2.33. The van der Waals surface area contributed by atoms with E-state index in [2.05, 4.69) is 5.32 Å². The predicted molar refractivity (Wildman–Crippen MR) is 99.5 cm³/mol. The van der Waals surface area contributed by atoms with Crippen molar-refractivity contribution in [2.45, 2.75) is 32.6 Å². The van der Waals surface area contributed by atoms with Gasteiger partial charge in [-0.25, -0.2) is 0 Å². The van der Waals surface area contributed by atoms with Crippen molar-refractivity contribution < 1.29 is 9.59 Å². The molecule has 134 valence electrons. The predicted octanol–water partition coefficient (Wildman–Crippen LogP) is 2.95. The van der Waals surface area contributed by atoms with E-state index >= 15 is 0 Å². The Morgan fingerprint density at radius 3 is 2.84 bits per heavy atom. The Hall–Kier alpha value is -2.30. The van der Waals surface area contributed by atoms with Crippen LogP contribution in [0.2, 0.25) is 0 Å². The van der Waals surface area contributed by atoms with Crippen LogP contribution in [0.4, 0.5) is 0 Å².